The first-order valence-electron chi connectivity index (χ1n) is 2.40. The summed E-state index contributed by atoms with van der Waals surface area (Å²) in [7, 11) is 1.83. The average Bonchev–Trinajstić information content (AvgIpc) is 1.98. The van der Waals surface area contributed by atoms with E-state index in [-0.39, 0.29) is 0 Å². The van der Waals surface area contributed by atoms with Gasteiger partial charge in [-0.25, -0.2) is 0 Å². The molecular weight excluding hydrogens is 100 g/mol. The fourth-order valence-corrected chi connectivity index (χ4v) is 0.582. The maximum atomic E-state index is 7.22. The number of nitrogens with one attached hydrogen (secondary N) is 1. The first-order valence-corrected chi connectivity index (χ1v) is 2.40. The zero-order chi connectivity index (χ0) is 6.15. The van der Waals surface area contributed by atoms with E-state index < -0.39 is 0 Å². The Balaban J connectivity index is 2.85. The molecule has 2 heteroatoms. The first-order chi connectivity index (χ1) is 3.72. The van der Waals surface area contributed by atoms with E-state index >= 15 is 0 Å². The van der Waals surface area contributed by atoms with Gasteiger partial charge < -0.3 is 4.90 Å². The molecule has 0 amide bonds. The van der Waals surface area contributed by atoms with Gasteiger partial charge in [0.05, 0.1) is 0 Å². The Labute approximate surface area is 48.6 Å². The van der Waals surface area contributed by atoms with Crippen LogP contribution in [-0.2, 0) is 0 Å². The summed E-state index contributed by atoms with van der Waals surface area (Å²) in [6.07, 6.45) is 3.65. The molecule has 0 spiro atoms. The van der Waals surface area contributed by atoms with E-state index in [9.17, 15) is 0 Å². The van der Waals surface area contributed by atoms with Gasteiger partial charge in [0.2, 0.25) is 0 Å². The zero-order valence-corrected chi connectivity index (χ0v) is 4.81. The number of likely N-dealkylation sites (N-methyl/N-ethyl adjacent to an activating group) is 1. The molecule has 42 valence electrons. The van der Waals surface area contributed by atoms with Crippen LogP contribution in [0.2, 0.25) is 0 Å². The standard InChI is InChI=1S/C6H8N2/c1-5-3-4-8(2)6(5)7/h3-4,7H,1H2,2H3. The van der Waals surface area contributed by atoms with Gasteiger partial charge in [0.15, 0.2) is 0 Å². The molecule has 0 radical (unpaired) electrons. The van der Waals surface area contributed by atoms with Gasteiger partial charge in [-0.15, -0.1) is 0 Å². The number of rotatable bonds is 0. The molecule has 1 aliphatic rings. The third-order valence-corrected chi connectivity index (χ3v) is 1.16. The van der Waals surface area contributed by atoms with Gasteiger partial charge in [-0.05, 0) is 6.08 Å². The van der Waals surface area contributed by atoms with Crippen LogP contribution < -0.4 is 0 Å². The van der Waals surface area contributed by atoms with Crippen LogP contribution in [0.3, 0.4) is 0 Å². The molecular formula is C6H8N2. The van der Waals surface area contributed by atoms with Crippen molar-refractivity contribution in [2.24, 2.45) is 0 Å². The quantitative estimate of drug-likeness (QED) is 0.492. The molecule has 0 fully saturated rings. The maximum absolute atomic E-state index is 7.22. The molecule has 2 nitrogen and oxygen atoms in total. The molecule has 0 atom stereocenters. The summed E-state index contributed by atoms with van der Waals surface area (Å²) in [6.45, 7) is 3.63. The van der Waals surface area contributed by atoms with E-state index in [2.05, 4.69) is 6.58 Å². The van der Waals surface area contributed by atoms with Crippen LogP contribution in [0.5, 0.6) is 0 Å². The molecule has 0 aromatic carbocycles. The summed E-state index contributed by atoms with van der Waals surface area (Å²) >= 11 is 0. The predicted octanol–water partition coefficient (Wildman–Crippen LogP) is 0.979. The van der Waals surface area contributed by atoms with Crippen molar-refractivity contribution in [2.45, 2.75) is 0 Å². The fourth-order valence-electron chi connectivity index (χ4n) is 0.582. The Morgan fingerprint density at radius 2 is 2.38 bits per heavy atom. The molecule has 0 aliphatic carbocycles. The number of nitrogens with zero attached hydrogens (tertiary/aromatic N) is 1. The lowest BCUT2D eigenvalue weighted by Crippen LogP contribution is -2.14. The van der Waals surface area contributed by atoms with Gasteiger partial charge in [-0.1, -0.05) is 6.58 Å². The lowest BCUT2D eigenvalue weighted by Gasteiger charge is -2.05. The number of amidine groups is 1. The van der Waals surface area contributed by atoms with Gasteiger partial charge in [-0.3, -0.25) is 5.41 Å². The highest BCUT2D eigenvalue weighted by Crippen LogP contribution is 2.07. The summed E-state index contributed by atoms with van der Waals surface area (Å²) in [6, 6.07) is 0. The predicted molar refractivity (Wildman–Crippen MR) is 33.8 cm³/mol. The Bertz CT molecular complexity index is 167. The highest BCUT2D eigenvalue weighted by molar-refractivity contribution is 6.00. The van der Waals surface area contributed by atoms with Crippen molar-refractivity contribution in [1.82, 2.24) is 4.90 Å². The molecule has 0 aromatic heterocycles. The second kappa shape index (κ2) is 1.47. The Hall–Kier alpha value is -1.05. The van der Waals surface area contributed by atoms with Gasteiger partial charge >= 0.3 is 0 Å². The van der Waals surface area contributed by atoms with E-state index in [1.807, 2.05) is 19.3 Å². The van der Waals surface area contributed by atoms with Crippen LogP contribution in [0.4, 0.5) is 0 Å². The van der Waals surface area contributed by atoms with Crippen LogP contribution in [0.1, 0.15) is 0 Å². The summed E-state index contributed by atoms with van der Waals surface area (Å²) in [4.78, 5) is 1.72. The minimum absolute atomic E-state index is 0.491. The fraction of sp³-hybridized carbons (Fsp3) is 0.167. The zero-order valence-electron chi connectivity index (χ0n) is 4.81. The molecule has 0 saturated carbocycles. The van der Waals surface area contributed by atoms with Crippen molar-refractivity contribution in [1.29, 1.82) is 5.41 Å². The molecule has 1 N–H and O–H groups in total. The monoisotopic (exact) mass is 108 g/mol. The molecule has 0 aromatic rings. The Kier molecular flexibility index (Phi) is 0.938. The van der Waals surface area contributed by atoms with Gasteiger partial charge in [-0.2, -0.15) is 0 Å². The van der Waals surface area contributed by atoms with E-state index in [0.29, 0.717) is 5.84 Å². The first kappa shape index (κ1) is 5.09. The number of hydrogen-bond donors (Lipinski definition) is 1. The van der Waals surface area contributed by atoms with Crippen molar-refractivity contribution in [3.63, 3.8) is 0 Å². The van der Waals surface area contributed by atoms with E-state index in [1.165, 1.54) is 0 Å². The average molecular weight is 108 g/mol. The van der Waals surface area contributed by atoms with Crippen molar-refractivity contribution < 1.29 is 0 Å². The van der Waals surface area contributed by atoms with Crippen LogP contribution >= 0.6 is 0 Å². The van der Waals surface area contributed by atoms with Crippen molar-refractivity contribution in [3.05, 3.63) is 24.4 Å². The smallest absolute Gasteiger partial charge is 0.131 e. The van der Waals surface area contributed by atoms with Crippen molar-refractivity contribution in [2.75, 3.05) is 7.05 Å². The normalized spacial score (nSPS) is 18.4. The van der Waals surface area contributed by atoms with Crippen LogP contribution in [0.25, 0.3) is 0 Å². The highest BCUT2D eigenvalue weighted by atomic mass is 15.1. The van der Waals surface area contributed by atoms with Gasteiger partial charge in [0.25, 0.3) is 0 Å². The largest absolute Gasteiger partial charge is 0.336 e. The second-order valence-corrected chi connectivity index (χ2v) is 1.80. The summed E-state index contributed by atoms with van der Waals surface area (Å²) < 4.78 is 0. The molecule has 8 heavy (non-hydrogen) atoms. The Morgan fingerprint density at radius 3 is 2.50 bits per heavy atom. The highest BCUT2D eigenvalue weighted by Gasteiger charge is 2.08. The van der Waals surface area contributed by atoms with Crippen LogP contribution in [0, 0.1) is 5.41 Å². The SMILES string of the molecule is C=C1C=CN(C)C1=N. The Morgan fingerprint density at radius 1 is 1.75 bits per heavy atom. The summed E-state index contributed by atoms with van der Waals surface area (Å²) in [5.74, 6) is 0.491. The second-order valence-electron chi connectivity index (χ2n) is 1.80. The van der Waals surface area contributed by atoms with Crippen molar-refractivity contribution >= 4 is 5.84 Å². The summed E-state index contributed by atoms with van der Waals surface area (Å²) in [5, 5.41) is 7.22. The van der Waals surface area contributed by atoms with E-state index in [4.69, 9.17) is 5.41 Å². The molecule has 0 bridgehead atoms. The van der Waals surface area contributed by atoms with Gasteiger partial charge in [0.1, 0.15) is 5.84 Å². The minimum Gasteiger partial charge on any atom is -0.336 e. The molecule has 1 rings (SSSR count). The topological polar surface area (TPSA) is 27.1 Å². The van der Waals surface area contributed by atoms with E-state index in [0.717, 1.165) is 5.57 Å². The van der Waals surface area contributed by atoms with E-state index in [1.54, 1.807) is 4.90 Å². The molecule has 0 saturated heterocycles. The van der Waals surface area contributed by atoms with Gasteiger partial charge in [0, 0.05) is 18.8 Å². The lowest BCUT2D eigenvalue weighted by molar-refractivity contribution is 0.699. The molecule has 0 unspecified atom stereocenters. The van der Waals surface area contributed by atoms with Crippen molar-refractivity contribution in [3.8, 4) is 0 Å². The van der Waals surface area contributed by atoms with Crippen LogP contribution in [-0.4, -0.2) is 17.8 Å². The van der Waals surface area contributed by atoms with Crippen LogP contribution in [0.15, 0.2) is 24.4 Å². The summed E-state index contributed by atoms with van der Waals surface area (Å²) in [5.41, 5.74) is 0.785. The third-order valence-electron chi connectivity index (χ3n) is 1.16. The number of hydrogen-bond acceptors (Lipinski definition) is 1. The molecule has 1 heterocycles. The third kappa shape index (κ3) is 0.541. The molecule has 1 aliphatic heterocycles. The maximum Gasteiger partial charge on any atom is 0.131 e. The minimum atomic E-state index is 0.491. The lowest BCUT2D eigenvalue weighted by atomic mass is 10.3.